The fourth-order valence-electron chi connectivity index (χ4n) is 2.24. The maximum absolute atomic E-state index is 6.25. The van der Waals surface area contributed by atoms with E-state index < -0.39 is 0 Å². The molecule has 0 atom stereocenters. The second kappa shape index (κ2) is 5.64. The maximum Gasteiger partial charge on any atom is 0.163 e. The lowest BCUT2D eigenvalue weighted by atomic mass is 9.86. The number of nitrogens with two attached hydrogens (primary N) is 1. The number of halogens is 1. The van der Waals surface area contributed by atoms with Gasteiger partial charge in [0, 0.05) is 11.1 Å². The van der Waals surface area contributed by atoms with Crippen LogP contribution in [0.3, 0.4) is 0 Å². The number of nitrogens with zero attached hydrogens (tertiary/aromatic N) is 2. The summed E-state index contributed by atoms with van der Waals surface area (Å²) < 4.78 is 0. The van der Waals surface area contributed by atoms with Crippen molar-refractivity contribution in [1.29, 1.82) is 0 Å². The molecule has 0 saturated heterocycles. The Morgan fingerprint density at radius 2 is 1.62 bits per heavy atom. The fourth-order valence-corrected chi connectivity index (χ4v) is 2.64. The van der Waals surface area contributed by atoms with Crippen LogP contribution in [0.4, 0.5) is 5.82 Å². The molecule has 2 N–H and O–H groups in total. The number of hydrogen-bond donors (Lipinski definition) is 1. The maximum atomic E-state index is 6.25. The Morgan fingerprint density at radius 1 is 1.05 bits per heavy atom. The van der Waals surface area contributed by atoms with Crippen molar-refractivity contribution >= 4 is 17.4 Å². The molecular formula is C17H22ClN3. The molecule has 21 heavy (non-hydrogen) atoms. The van der Waals surface area contributed by atoms with E-state index >= 15 is 0 Å². The summed E-state index contributed by atoms with van der Waals surface area (Å²) in [5, 5.41) is 0.437. The third kappa shape index (κ3) is 3.35. The van der Waals surface area contributed by atoms with Crippen molar-refractivity contribution in [2.24, 2.45) is 0 Å². The molecule has 2 aromatic rings. The van der Waals surface area contributed by atoms with Gasteiger partial charge in [0.1, 0.15) is 11.0 Å². The molecule has 0 amide bonds. The minimum absolute atomic E-state index is 0.123. The first-order valence-corrected chi connectivity index (χ1v) is 7.51. The molecular weight excluding hydrogens is 282 g/mol. The normalized spacial score (nSPS) is 12.0. The van der Waals surface area contributed by atoms with Gasteiger partial charge >= 0.3 is 0 Å². The Kier molecular flexibility index (Phi) is 4.24. The highest BCUT2D eigenvalue weighted by Crippen LogP contribution is 2.30. The molecule has 0 aliphatic heterocycles. The van der Waals surface area contributed by atoms with Crippen LogP contribution < -0.4 is 5.73 Å². The Hall–Kier alpha value is -1.61. The first kappa shape index (κ1) is 15.8. The summed E-state index contributed by atoms with van der Waals surface area (Å²) in [5.74, 6) is 1.23. The highest BCUT2D eigenvalue weighted by atomic mass is 35.5. The van der Waals surface area contributed by atoms with Crippen LogP contribution in [-0.2, 0) is 5.41 Å². The molecule has 0 fully saturated rings. The molecule has 1 aromatic carbocycles. The van der Waals surface area contributed by atoms with Crippen molar-refractivity contribution in [1.82, 2.24) is 9.97 Å². The fraction of sp³-hybridized carbons (Fsp3) is 0.412. The largest absolute Gasteiger partial charge is 0.383 e. The van der Waals surface area contributed by atoms with Crippen LogP contribution in [-0.4, -0.2) is 9.97 Å². The molecule has 0 radical (unpaired) electrons. The minimum atomic E-state index is 0.123. The SMILES string of the molecule is CC(C)c1c(N)nc(-c2ccc(C(C)(C)C)cc2)nc1Cl. The molecule has 2 rings (SSSR count). The average molecular weight is 304 g/mol. The Balaban J connectivity index is 2.44. The number of nitrogen functional groups attached to an aromatic ring is 1. The van der Waals surface area contributed by atoms with Gasteiger partial charge in [-0.05, 0) is 16.9 Å². The van der Waals surface area contributed by atoms with Crippen molar-refractivity contribution < 1.29 is 0 Å². The standard InChI is InChI=1S/C17H22ClN3/c1-10(2)13-14(18)20-16(21-15(13)19)11-6-8-12(9-7-11)17(3,4)5/h6-10H,1-5H3,(H2,19,20,21). The van der Waals surface area contributed by atoms with Crippen molar-refractivity contribution in [2.75, 3.05) is 5.73 Å². The van der Waals surface area contributed by atoms with E-state index in [0.29, 0.717) is 16.8 Å². The predicted molar refractivity (Wildman–Crippen MR) is 89.7 cm³/mol. The lowest BCUT2D eigenvalue weighted by Crippen LogP contribution is -2.10. The number of anilines is 1. The highest BCUT2D eigenvalue weighted by molar-refractivity contribution is 6.30. The zero-order valence-electron chi connectivity index (χ0n) is 13.2. The molecule has 0 bridgehead atoms. The summed E-state index contributed by atoms with van der Waals surface area (Å²) in [6.07, 6.45) is 0. The Labute approximate surface area is 131 Å². The van der Waals surface area contributed by atoms with E-state index in [0.717, 1.165) is 11.1 Å². The van der Waals surface area contributed by atoms with Gasteiger partial charge < -0.3 is 5.73 Å². The predicted octanol–water partition coefficient (Wildman–Crippen LogP) is 4.80. The van der Waals surface area contributed by atoms with Gasteiger partial charge in [-0.15, -0.1) is 0 Å². The highest BCUT2D eigenvalue weighted by Gasteiger charge is 2.16. The molecule has 0 aliphatic rings. The summed E-state index contributed by atoms with van der Waals surface area (Å²) in [7, 11) is 0. The van der Waals surface area contributed by atoms with Gasteiger partial charge in [0.05, 0.1) is 0 Å². The second-order valence-corrected chi connectivity index (χ2v) is 6.98. The number of benzene rings is 1. The van der Waals surface area contributed by atoms with Crippen molar-refractivity contribution in [3.8, 4) is 11.4 Å². The quantitative estimate of drug-likeness (QED) is 0.811. The van der Waals surface area contributed by atoms with Gasteiger partial charge in [0.25, 0.3) is 0 Å². The number of rotatable bonds is 2. The zero-order valence-corrected chi connectivity index (χ0v) is 14.0. The van der Waals surface area contributed by atoms with Crippen LogP contribution in [0.2, 0.25) is 5.15 Å². The monoisotopic (exact) mass is 303 g/mol. The molecule has 4 heteroatoms. The van der Waals surface area contributed by atoms with E-state index in [1.165, 1.54) is 5.56 Å². The zero-order chi connectivity index (χ0) is 15.8. The van der Waals surface area contributed by atoms with Crippen molar-refractivity contribution in [3.63, 3.8) is 0 Å². The van der Waals surface area contributed by atoms with Crippen LogP contribution in [0.5, 0.6) is 0 Å². The average Bonchev–Trinajstić information content (AvgIpc) is 2.36. The summed E-state index contributed by atoms with van der Waals surface area (Å²) >= 11 is 6.25. The van der Waals surface area contributed by atoms with Gasteiger partial charge in [-0.1, -0.05) is 70.5 Å². The summed E-state index contributed by atoms with van der Waals surface area (Å²) in [6, 6.07) is 8.22. The van der Waals surface area contributed by atoms with E-state index in [4.69, 9.17) is 17.3 Å². The molecule has 0 aliphatic carbocycles. The molecule has 1 heterocycles. The molecule has 0 spiro atoms. The van der Waals surface area contributed by atoms with E-state index in [1.807, 2.05) is 26.0 Å². The molecule has 1 aromatic heterocycles. The molecule has 3 nitrogen and oxygen atoms in total. The van der Waals surface area contributed by atoms with Crippen molar-refractivity contribution in [3.05, 3.63) is 40.5 Å². The summed E-state index contributed by atoms with van der Waals surface area (Å²) in [4.78, 5) is 8.79. The summed E-state index contributed by atoms with van der Waals surface area (Å²) in [6.45, 7) is 10.6. The molecule has 0 saturated carbocycles. The van der Waals surface area contributed by atoms with E-state index in [9.17, 15) is 0 Å². The molecule has 112 valence electrons. The van der Waals surface area contributed by atoms with Gasteiger partial charge in [-0.3, -0.25) is 0 Å². The smallest absolute Gasteiger partial charge is 0.163 e. The first-order valence-electron chi connectivity index (χ1n) is 7.14. The van der Waals surface area contributed by atoms with E-state index in [-0.39, 0.29) is 11.3 Å². The third-order valence-corrected chi connectivity index (χ3v) is 3.80. The van der Waals surface area contributed by atoms with E-state index in [1.54, 1.807) is 0 Å². The van der Waals surface area contributed by atoms with Gasteiger partial charge in [0.2, 0.25) is 0 Å². The Morgan fingerprint density at radius 3 is 2.05 bits per heavy atom. The minimum Gasteiger partial charge on any atom is -0.383 e. The molecule has 0 unspecified atom stereocenters. The first-order chi connectivity index (χ1) is 9.70. The second-order valence-electron chi connectivity index (χ2n) is 6.62. The number of aromatic nitrogens is 2. The van der Waals surface area contributed by atoms with E-state index in [2.05, 4.69) is 42.9 Å². The van der Waals surface area contributed by atoms with Gasteiger partial charge in [-0.25, -0.2) is 9.97 Å². The van der Waals surface area contributed by atoms with Crippen LogP contribution >= 0.6 is 11.6 Å². The lowest BCUT2D eigenvalue weighted by Gasteiger charge is -2.19. The van der Waals surface area contributed by atoms with Crippen LogP contribution in [0.25, 0.3) is 11.4 Å². The third-order valence-electron chi connectivity index (χ3n) is 3.52. The topological polar surface area (TPSA) is 51.8 Å². The van der Waals surface area contributed by atoms with Crippen LogP contribution in [0.15, 0.2) is 24.3 Å². The van der Waals surface area contributed by atoms with Gasteiger partial charge in [-0.2, -0.15) is 0 Å². The lowest BCUT2D eigenvalue weighted by molar-refractivity contribution is 0.590. The van der Waals surface area contributed by atoms with Gasteiger partial charge in [0.15, 0.2) is 5.82 Å². The van der Waals surface area contributed by atoms with Crippen molar-refractivity contribution in [2.45, 2.75) is 46.0 Å². The Bertz CT molecular complexity index is 617. The number of hydrogen-bond acceptors (Lipinski definition) is 3. The summed E-state index contributed by atoms with van der Waals surface area (Å²) in [5.41, 5.74) is 9.15. The van der Waals surface area contributed by atoms with Crippen LogP contribution in [0, 0.1) is 0 Å². The van der Waals surface area contributed by atoms with Crippen LogP contribution in [0.1, 0.15) is 51.7 Å².